The van der Waals surface area contributed by atoms with Crippen LogP contribution in [-0.2, 0) is 11.3 Å². The van der Waals surface area contributed by atoms with E-state index >= 15 is 0 Å². The molecular formula is C13H15F3N4O. The van der Waals surface area contributed by atoms with Gasteiger partial charge in [-0.2, -0.15) is 28.6 Å². The van der Waals surface area contributed by atoms with E-state index in [2.05, 4.69) is 25.5 Å². The maximum atomic E-state index is 11.9. The Labute approximate surface area is 119 Å². The van der Waals surface area contributed by atoms with Crippen LogP contribution in [0.3, 0.4) is 0 Å². The molecule has 0 radical (unpaired) electrons. The van der Waals surface area contributed by atoms with E-state index in [4.69, 9.17) is 0 Å². The molecule has 21 heavy (non-hydrogen) atoms. The fourth-order valence-corrected chi connectivity index (χ4v) is 1.74. The van der Waals surface area contributed by atoms with E-state index in [-0.39, 0.29) is 6.61 Å². The van der Waals surface area contributed by atoms with Gasteiger partial charge in [-0.05, 0) is 0 Å². The van der Waals surface area contributed by atoms with Crippen LogP contribution < -0.4 is 5.32 Å². The normalized spacial score (nSPS) is 11.8. The molecule has 0 aliphatic carbocycles. The summed E-state index contributed by atoms with van der Waals surface area (Å²) < 4.78 is 40.1. The molecule has 0 bridgehead atoms. The van der Waals surface area contributed by atoms with Crippen molar-refractivity contribution in [3.8, 4) is 11.3 Å². The molecule has 1 aromatic carbocycles. The van der Waals surface area contributed by atoms with Crippen molar-refractivity contribution in [3.63, 3.8) is 0 Å². The predicted octanol–water partition coefficient (Wildman–Crippen LogP) is 2.14. The van der Waals surface area contributed by atoms with Crippen molar-refractivity contribution < 1.29 is 17.9 Å². The van der Waals surface area contributed by atoms with Crippen LogP contribution in [0.5, 0.6) is 0 Å². The van der Waals surface area contributed by atoms with Crippen LogP contribution in [0.1, 0.15) is 5.69 Å². The summed E-state index contributed by atoms with van der Waals surface area (Å²) in [5.41, 5.74) is 2.35. The van der Waals surface area contributed by atoms with Crippen LogP contribution in [0.25, 0.3) is 11.3 Å². The highest BCUT2D eigenvalue weighted by molar-refractivity contribution is 5.60. The van der Waals surface area contributed by atoms with Crippen molar-refractivity contribution in [1.29, 1.82) is 0 Å². The maximum Gasteiger partial charge on any atom is 0.411 e. The Hall–Kier alpha value is -1.93. The summed E-state index contributed by atoms with van der Waals surface area (Å²) in [5, 5.41) is 13.6. The lowest BCUT2D eigenvalue weighted by Gasteiger charge is -2.08. The topological polar surface area (TPSA) is 62.8 Å². The summed E-state index contributed by atoms with van der Waals surface area (Å²) in [5.74, 6) is 0. The number of H-pyrrole nitrogens is 1. The molecule has 0 saturated carbocycles. The van der Waals surface area contributed by atoms with E-state index in [1.807, 2.05) is 30.3 Å². The molecule has 0 fully saturated rings. The van der Waals surface area contributed by atoms with E-state index in [9.17, 15) is 13.2 Å². The van der Waals surface area contributed by atoms with E-state index < -0.39 is 12.8 Å². The second kappa shape index (κ2) is 7.19. The lowest BCUT2D eigenvalue weighted by atomic mass is 10.1. The number of benzene rings is 1. The van der Waals surface area contributed by atoms with Gasteiger partial charge in [-0.1, -0.05) is 30.3 Å². The van der Waals surface area contributed by atoms with Gasteiger partial charge in [0, 0.05) is 18.7 Å². The molecule has 2 N–H and O–H groups in total. The summed E-state index contributed by atoms with van der Waals surface area (Å²) in [4.78, 5) is 0. The number of nitrogens with zero attached hydrogens (tertiary/aromatic N) is 2. The Morgan fingerprint density at radius 3 is 2.62 bits per heavy atom. The first-order valence-corrected chi connectivity index (χ1v) is 6.36. The molecule has 0 atom stereocenters. The molecule has 0 spiro atoms. The van der Waals surface area contributed by atoms with Gasteiger partial charge in [-0.15, -0.1) is 0 Å². The molecule has 0 aliphatic rings. The Morgan fingerprint density at radius 2 is 1.90 bits per heavy atom. The van der Waals surface area contributed by atoms with Crippen LogP contribution in [-0.4, -0.2) is 41.3 Å². The number of alkyl halides is 3. The average Bonchev–Trinajstić information content (AvgIpc) is 2.91. The van der Waals surface area contributed by atoms with Crippen LogP contribution in [0, 0.1) is 0 Å². The Balaban J connectivity index is 1.76. The van der Waals surface area contributed by atoms with Gasteiger partial charge < -0.3 is 10.1 Å². The zero-order chi connectivity index (χ0) is 15.1. The first-order chi connectivity index (χ1) is 10.1. The van der Waals surface area contributed by atoms with Crippen LogP contribution in [0.2, 0.25) is 0 Å². The first kappa shape index (κ1) is 15.5. The summed E-state index contributed by atoms with van der Waals surface area (Å²) in [6.45, 7) is -0.542. The minimum atomic E-state index is -4.29. The van der Waals surface area contributed by atoms with E-state index in [1.165, 1.54) is 0 Å². The minimum absolute atomic E-state index is 0.0158. The monoisotopic (exact) mass is 300 g/mol. The number of hydrogen-bond acceptors (Lipinski definition) is 4. The molecule has 114 valence electrons. The van der Waals surface area contributed by atoms with Crippen molar-refractivity contribution in [1.82, 2.24) is 20.7 Å². The van der Waals surface area contributed by atoms with Crippen molar-refractivity contribution in [2.45, 2.75) is 12.7 Å². The lowest BCUT2D eigenvalue weighted by molar-refractivity contribution is -0.173. The van der Waals surface area contributed by atoms with Crippen molar-refractivity contribution in [2.24, 2.45) is 0 Å². The summed E-state index contributed by atoms with van der Waals surface area (Å²) in [6, 6.07) is 9.51. The third kappa shape index (κ3) is 5.16. The maximum absolute atomic E-state index is 11.9. The Kier molecular flexibility index (Phi) is 5.29. The molecule has 0 amide bonds. The third-order valence-corrected chi connectivity index (χ3v) is 2.65. The molecule has 2 rings (SSSR count). The van der Waals surface area contributed by atoms with Crippen molar-refractivity contribution in [3.05, 3.63) is 36.0 Å². The quantitative estimate of drug-likeness (QED) is 0.769. The van der Waals surface area contributed by atoms with Gasteiger partial charge in [0.2, 0.25) is 0 Å². The average molecular weight is 300 g/mol. The van der Waals surface area contributed by atoms with Crippen LogP contribution in [0.4, 0.5) is 13.2 Å². The fourth-order valence-electron chi connectivity index (χ4n) is 1.74. The molecule has 0 aliphatic heterocycles. The van der Waals surface area contributed by atoms with Gasteiger partial charge in [0.1, 0.15) is 18.0 Å². The molecule has 8 heteroatoms. The second-order valence-corrected chi connectivity index (χ2v) is 4.33. The van der Waals surface area contributed by atoms with E-state index in [0.29, 0.717) is 18.8 Å². The SMILES string of the molecule is FC(F)(F)COCCNCc1n[nH]nc1-c1ccccc1. The van der Waals surface area contributed by atoms with E-state index in [0.717, 1.165) is 11.3 Å². The number of aromatic nitrogens is 3. The largest absolute Gasteiger partial charge is 0.411 e. The fraction of sp³-hybridized carbons (Fsp3) is 0.385. The predicted molar refractivity (Wildman–Crippen MR) is 70.4 cm³/mol. The number of halogens is 3. The third-order valence-electron chi connectivity index (χ3n) is 2.65. The molecule has 5 nitrogen and oxygen atoms in total. The van der Waals surface area contributed by atoms with Gasteiger partial charge in [-0.3, -0.25) is 0 Å². The lowest BCUT2D eigenvalue weighted by Crippen LogP contribution is -2.24. The summed E-state index contributed by atoms with van der Waals surface area (Å²) in [7, 11) is 0. The van der Waals surface area contributed by atoms with Gasteiger partial charge in [0.15, 0.2) is 0 Å². The summed E-state index contributed by atoms with van der Waals surface area (Å²) >= 11 is 0. The number of aromatic amines is 1. The molecule has 0 saturated heterocycles. The number of nitrogens with one attached hydrogen (secondary N) is 2. The van der Waals surface area contributed by atoms with Crippen molar-refractivity contribution >= 4 is 0 Å². The van der Waals surface area contributed by atoms with Gasteiger partial charge in [0.05, 0.1) is 6.61 Å². The van der Waals surface area contributed by atoms with Crippen molar-refractivity contribution in [2.75, 3.05) is 19.8 Å². The Bertz CT molecular complexity index is 542. The zero-order valence-electron chi connectivity index (χ0n) is 11.2. The number of ether oxygens (including phenoxy) is 1. The van der Waals surface area contributed by atoms with Crippen LogP contribution >= 0.6 is 0 Å². The Morgan fingerprint density at radius 1 is 1.14 bits per heavy atom. The van der Waals surface area contributed by atoms with Crippen LogP contribution in [0.15, 0.2) is 30.3 Å². The standard InChI is InChI=1S/C13H15F3N4O/c14-13(15,16)9-21-7-6-17-8-11-12(19-20-18-11)10-4-2-1-3-5-10/h1-5,17H,6-9H2,(H,18,19,20). The second-order valence-electron chi connectivity index (χ2n) is 4.33. The first-order valence-electron chi connectivity index (χ1n) is 6.36. The minimum Gasteiger partial charge on any atom is -0.371 e. The van der Waals surface area contributed by atoms with E-state index in [1.54, 1.807) is 0 Å². The number of rotatable bonds is 7. The number of hydrogen-bond donors (Lipinski definition) is 2. The highest BCUT2D eigenvalue weighted by atomic mass is 19.4. The molecule has 0 unspecified atom stereocenters. The molecule has 2 aromatic rings. The zero-order valence-corrected chi connectivity index (χ0v) is 11.2. The molecular weight excluding hydrogens is 285 g/mol. The highest BCUT2D eigenvalue weighted by Crippen LogP contribution is 2.18. The highest BCUT2D eigenvalue weighted by Gasteiger charge is 2.27. The molecule has 1 aromatic heterocycles. The van der Waals surface area contributed by atoms with Gasteiger partial charge >= 0.3 is 6.18 Å². The van der Waals surface area contributed by atoms with Gasteiger partial charge in [0.25, 0.3) is 0 Å². The molecule has 1 heterocycles. The smallest absolute Gasteiger partial charge is 0.371 e. The summed E-state index contributed by atoms with van der Waals surface area (Å²) in [6.07, 6.45) is -4.29. The van der Waals surface area contributed by atoms with Gasteiger partial charge in [-0.25, -0.2) is 0 Å².